The molecule has 1 N–H and O–H groups in total. The lowest BCUT2D eigenvalue weighted by atomic mass is 10.2. The number of nitrogens with one attached hydrogen (secondary N) is 1. The number of halogens is 2. The van der Waals surface area contributed by atoms with E-state index in [1.165, 1.54) is 6.07 Å². The van der Waals surface area contributed by atoms with Gasteiger partial charge in [0.15, 0.2) is 17.3 Å². The Morgan fingerprint density at radius 2 is 2.21 bits per heavy atom. The Morgan fingerprint density at radius 1 is 1.38 bits per heavy atom. The van der Waals surface area contributed by atoms with E-state index in [-0.39, 0.29) is 18.8 Å². The van der Waals surface area contributed by atoms with Crippen molar-refractivity contribution in [1.82, 2.24) is 14.9 Å². The second-order valence-electron chi connectivity index (χ2n) is 5.29. The lowest BCUT2D eigenvalue weighted by molar-refractivity contribution is -0.107. The molecular weight excluding hydrogens is 320 g/mol. The van der Waals surface area contributed by atoms with Gasteiger partial charge < -0.3 is 19.4 Å². The van der Waals surface area contributed by atoms with E-state index in [4.69, 9.17) is 4.74 Å². The Morgan fingerprint density at radius 3 is 2.96 bits per heavy atom. The standard InChI is InChI=1S/C16H15F2N3O3/c17-11-3-2-10(8-12(11)18)15-20-14(16(23)19-4-6-22)13-9-24-7-1-5-21(13)15/h2-3,6,8H,1,4-5,7,9H2,(H,19,23). The van der Waals surface area contributed by atoms with Crippen LogP contribution in [0.3, 0.4) is 0 Å². The summed E-state index contributed by atoms with van der Waals surface area (Å²) in [6, 6.07) is 3.47. The summed E-state index contributed by atoms with van der Waals surface area (Å²) < 4.78 is 34.0. The van der Waals surface area contributed by atoms with Crippen LogP contribution in [0.4, 0.5) is 8.78 Å². The molecule has 3 rings (SSSR count). The molecule has 126 valence electrons. The van der Waals surface area contributed by atoms with Crippen LogP contribution in [-0.2, 0) is 22.7 Å². The SMILES string of the molecule is O=CCNC(=O)c1nc(-c2ccc(F)c(F)c2)n2c1COCCC2. The van der Waals surface area contributed by atoms with Gasteiger partial charge in [0.1, 0.15) is 12.1 Å². The van der Waals surface area contributed by atoms with E-state index in [9.17, 15) is 18.4 Å². The number of amides is 1. The zero-order chi connectivity index (χ0) is 17.1. The van der Waals surface area contributed by atoms with Crippen LogP contribution in [-0.4, -0.2) is 34.9 Å². The van der Waals surface area contributed by atoms with Crippen molar-refractivity contribution in [2.45, 2.75) is 19.6 Å². The minimum atomic E-state index is -0.985. The molecule has 1 aliphatic heterocycles. The third kappa shape index (κ3) is 3.05. The highest BCUT2D eigenvalue weighted by molar-refractivity contribution is 5.95. The van der Waals surface area contributed by atoms with Gasteiger partial charge in [0.2, 0.25) is 0 Å². The fourth-order valence-corrected chi connectivity index (χ4v) is 2.62. The second-order valence-corrected chi connectivity index (χ2v) is 5.29. The lowest BCUT2D eigenvalue weighted by Crippen LogP contribution is -2.26. The van der Waals surface area contributed by atoms with Crippen molar-refractivity contribution in [3.63, 3.8) is 0 Å². The van der Waals surface area contributed by atoms with Crippen molar-refractivity contribution in [2.24, 2.45) is 0 Å². The van der Waals surface area contributed by atoms with Crippen molar-refractivity contribution in [1.29, 1.82) is 0 Å². The monoisotopic (exact) mass is 335 g/mol. The summed E-state index contributed by atoms with van der Waals surface area (Å²) >= 11 is 0. The highest BCUT2D eigenvalue weighted by Crippen LogP contribution is 2.26. The molecule has 1 amide bonds. The van der Waals surface area contributed by atoms with E-state index >= 15 is 0 Å². The number of rotatable bonds is 4. The van der Waals surface area contributed by atoms with Crippen molar-refractivity contribution >= 4 is 12.2 Å². The molecule has 0 saturated heterocycles. The third-order valence-electron chi connectivity index (χ3n) is 3.72. The van der Waals surface area contributed by atoms with Crippen LogP contribution in [0.1, 0.15) is 22.6 Å². The number of hydrogen-bond donors (Lipinski definition) is 1. The van der Waals surface area contributed by atoms with Gasteiger partial charge in [0.25, 0.3) is 5.91 Å². The van der Waals surface area contributed by atoms with Gasteiger partial charge in [-0.3, -0.25) is 4.79 Å². The molecule has 1 aromatic heterocycles. The Kier molecular flexibility index (Phi) is 4.66. The molecule has 0 saturated carbocycles. The van der Waals surface area contributed by atoms with Gasteiger partial charge in [-0.2, -0.15) is 0 Å². The summed E-state index contributed by atoms with van der Waals surface area (Å²) in [7, 11) is 0. The molecule has 6 nitrogen and oxygen atoms in total. The molecule has 0 atom stereocenters. The lowest BCUT2D eigenvalue weighted by Gasteiger charge is -2.08. The highest BCUT2D eigenvalue weighted by Gasteiger charge is 2.25. The molecule has 1 aromatic carbocycles. The van der Waals surface area contributed by atoms with Crippen LogP contribution in [0.2, 0.25) is 0 Å². The van der Waals surface area contributed by atoms with Crippen molar-refractivity contribution in [3.8, 4) is 11.4 Å². The fourth-order valence-electron chi connectivity index (χ4n) is 2.62. The maximum atomic E-state index is 13.6. The normalized spacial score (nSPS) is 13.9. The molecule has 0 bridgehead atoms. The summed E-state index contributed by atoms with van der Waals surface area (Å²) in [4.78, 5) is 26.9. The summed E-state index contributed by atoms with van der Waals surface area (Å²) in [6.07, 6.45) is 1.27. The number of nitrogens with zero attached hydrogens (tertiary/aromatic N) is 2. The number of ether oxygens (including phenoxy) is 1. The van der Waals surface area contributed by atoms with E-state index in [2.05, 4.69) is 10.3 Å². The number of fused-ring (bicyclic) bond motifs is 1. The molecule has 2 heterocycles. The number of imidazole rings is 1. The number of benzene rings is 1. The van der Waals surface area contributed by atoms with Crippen molar-refractivity contribution < 1.29 is 23.1 Å². The van der Waals surface area contributed by atoms with E-state index in [0.29, 0.717) is 42.9 Å². The van der Waals surface area contributed by atoms with E-state index < -0.39 is 17.5 Å². The fraction of sp³-hybridized carbons (Fsp3) is 0.312. The average Bonchev–Trinajstić information content (AvgIpc) is 2.77. The van der Waals surface area contributed by atoms with Crippen LogP contribution in [0.15, 0.2) is 18.2 Å². The predicted molar refractivity (Wildman–Crippen MR) is 80.2 cm³/mol. The maximum Gasteiger partial charge on any atom is 0.272 e. The zero-order valence-electron chi connectivity index (χ0n) is 12.7. The van der Waals surface area contributed by atoms with E-state index in [1.807, 2.05) is 0 Å². The molecule has 0 radical (unpaired) electrons. The first-order valence-electron chi connectivity index (χ1n) is 7.46. The second kappa shape index (κ2) is 6.88. The van der Waals surface area contributed by atoms with Crippen LogP contribution >= 0.6 is 0 Å². The highest BCUT2D eigenvalue weighted by atomic mass is 19.2. The Balaban J connectivity index is 2.08. The van der Waals surface area contributed by atoms with Crippen LogP contribution < -0.4 is 5.32 Å². The molecule has 0 spiro atoms. The quantitative estimate of drug-likeness (QED) is 0.863. The Hall–Kier alpha value is -2.61. The molecule has 24 heavy (non-hydrogen) atoms. The van der Waals surface area contributed by atoms with Gasteiger partial charge >= 0.3 is 0 Å². The molecular formula is C16H15F2N3O3. The smallest absolute Gasteiger partial charge is 0.272 e. The molecule has 0 unspecified atom stereocenters. The minimum Gasteiger partial charge on any atom is -0.375 e. The van der Waals surface area contributed by atoms with Crippen molar-refractivity contribution in [3.05, 3.63) is 41.2 Å². The number of carbonyl (C=O) groups is 2. The third-order valence-corrected chi connectivity index (χ3v) is 3.72. The maximum absolute atomic E-state index is 13.6. The number of aromatic nitrogens is 2. The van der Waals surface area contributed by atoms with Gasteiger partial charge in [0.05, 0.1) is 18.8 Å². The molecule has 1 aliphatic rings. The number of hydrogen-bond acceptors (Lipinski definition) is 4. The first kappa shape index (κ1) is 16.3. The predicted octanol–water partition coefficient (Wildman–Crippen LogP) is 1.68. The summed E-state index contributed by atoms with van der Waals surface area (Å²) in [6.45, 7) is 1.11. The van der Waals surface area contributed by atoms with Crippen molar-refractivity contribution in [2.75, 3.05) is 13.2 Å². The van der Waals surface area contributed by atoms with Crippen LogP contribution in [0, 0.1) is 11.6 Å². The van der Waals surface area contributed by atoms with Crippen LogP contribution in [0.25, 0.3) is 11.4 Å². The Bertz CT molecular complexity index is 789. The van der Waals surface area contributed by atoms with Gasteiger partial charge in [-0.1, -0.05) is 0 Å². The van der Waals surface area contributed by atoms with Crippen LogP contribution in [0.5, 0.6) is 0 Å². The van der Waals surface area contributed by atoms with Gasteiger partial charge in [-0.25, -0.2) is 13.8 Å². The Labute approximate surface area is 136 Å². The molecule has 0 fully saturated rings. The number of carbonyl (C=O) groups excluding carboxylic acids is 2. The number of aldehydes is 1. The molecule has 8 heteroatoms. The minimum absolute atomic E-state index is 0.124. The first-order chi connectivity index (χ1) is 11.6. The summed E-state index contributed by atoms with van der Waals surface area (Å²) in [5.41, 5.74) is 1.04. The molecule has 2 aromatic rings. The largest absolute Gasteiger partial charge is 0.375 e. The summed E-state index contributed by atoms with van der Waals surface area (Å²) in [5, 5.41) is 2.43. The topological polar surface area (TPSA) is 73.2 Å². The first-order valence-corrected chi connectivity index (χ1v) is 7.46. The average molecular weight is 335 g/mol. The van der Waals surface area contributed by atoms with Gasteiger partial charge in [-0.05, 0) is 24.6 Å². The van der Waals surface area contributed by atoms with E-state index in [1.54, 1.807) is 4.57 Å². The van der Waals surface area contributed by atoms with Gasteiger partial charge in [-0.15, -0.1) is 0 Å². The summed E-state index contributed by atoms with van der Waals surface area (Å²) in [5.74, 6) is -2.08. The zero-order valence-corrected chi connectivity index (χ0v) is 12.7. The van der Waals surface area contributed by atoms with Gasteiger partial charge in [0, 0.05) is 18.7 Å². The molecule has 0 aliphatic carbocycles. The van der Waals surface area contributed by atoms with E-state index in [0.717, 1.165) is 12.1 Å².